The Kier molecular flexibility index (Phi) is 6.23. The Morgan fingerprint density at radius 1 is 1.15 bits per heavy atom. The molecule has 0 fully saturated rings. The van der Waals surface area contributed by atoms with Gasteiger partial charge in [0.15, 0.2) is 5.69 Å². The molecule has 9 heteroatoms. The summed E-state index contributed by atoms with van der Waals surface area (Å²) < 4.78 is 6.83. The predicted octanol–water partition coefficient (Wildman–Crippen LogP) is 2.00. The first-order valence-electron chi connectivity index (χ1n) is 10.5. The van der Waals surface area contributed by atoms with E-state index in [4.69, 9.17) is 4.74 Å². The van der Waals surface area contributed by atoms with Crippen LogP contribution in [0.15, 0.2) is 53.3 Å². The Labute approximate surface area is 190 Å². The smallest absolute Gasteiger partial charge is 0.296 e. The van der Waals surface area contributed by atoms with Gasteiger partial charge in [-0.2, -0.15) is 0 Å². The van der Waals surface area contributed by atoms with Crippen molar-refractivity contribution in [2.45, 2.75) is 26.1 Å². The van der Waals surface area contributed by atoms with Crippen LogP contribution in [0.3, 0.4) is 0 Å². The van der Waals surface area contributed by atoms with Crippen molar-refractivity contribution < 1.29 is 19.4 Å². The molecule has 170 valence electrons. The first-order valence-corrected chi connectivity index (χ1v) is 10.5. The molecule has 0 aliphatic carbocycles. The molecule has 1 aromatic heterocycles. The van der Waals surface area contributed by atoms with Crippen molar-refractivity contribution in [2.24, 2.45) is 0 Å². The molecule has 0 bridgehead atoms. The molecule has 2 amide bonds. The molecule has 0 spiro atoms. The molecule has 2 heterocycles. The van der Waals surface area contributed by atoms with Crippen LogP contribution in [0.1, 0.15) is 45.3 Å². The summed E-state index contributed by atoms with van der Waals surface area (Å²) in [5, 5.41) is 15.6. The largest absolute Gasteiger partial charge is 0.501 e. The van der Waals surface area contributed by atoms with E-state index in [-0.39, 0.29) is 24.7 Å². The van der Waals surface area contributed by atoms with Crippen LogP contribution in [-0.2, 0) is 17.8 Å². The molecular formula is C24H24N4O5. The zero-order chi connectivity index (χ0) is 23.5. The molecule has 0 saturated carbocycles. The van der Waals surface area contributed by atoms with Crippen LogP contribution < -0.4 is 16.2 Å². The average Bonchev–Trinajstić information content (AvgIpc) is 2.85. The van der Waals surface area contributed by atoms with Gasteiger partial charge < -0.3 is 20.5 Å². The van der Waals surface area contributed by atoms with Gasteiger partial charge in [0.1, 0.15) is 11.9 Å². The predicted molar refractivity (Wildman–Crippen MR) is 121 cm³/mol. The van der Waals surface area contributed by atoms with Crippen LogP contribution in [0.5, 0.6) is 5.75 Å². The fourth-order valence-corrected chi connectivity index (χ4v) is 3.80. The van der Waals surface area contributed by atoms with Crippen LogP contribution >= 0.6 is 0 Å². The number of nitrogens with zero attached hydrogens (tertiary/aromatic N) is 2. The number of benzene rings is 2. The highest BCUT2D eigenvalue weighted by Gasteiger charge is 2.26. The van der Waals surface area contributed by atoms with Crippen molar-refractivity contribution in [1.82, 2.24) is 20.2 Å². The second-order valence-electron chi connectivity index (χ2n) is 7.63. The molecule has 3 N–H and O–H groups in total. The van der Waals surface area contributed by atoms with Gasteiger partial charge >= 0.3 is 0 Å². The monoisotopic (exact) mass is 448 g/mol. The van der Waals surface area contributed by atoms with Gasteiger partial charge in [-0.15, -0.1) is 0 Å². The third-order valence-electron chi connectivity index (χ3n) is 5.58. The molecule has 4 rings (SSSR count). The van der Waals surface area contributed by atoms with Gasteiger partial charge in [-0.1, -0.05) is 36.4 Å². The summed E-state index contributed by atoms with van der Waals surface area (Å²) in [7, 11) is 1.58. The first-order chi connectivity index (χ1) is 15.9. The van der Waals surface area contributed by atoms with Crippen LogP contribution in [0, 0.1) is 0 Å². The number of amides is 2. The van der Waals surface area contributed by atoms with E-state index in [0.717, 1.165) is 16.7 Å². The van der Waals surface area contributed by atoms with Crippen LogP contribution in [0.25, 0.3) is 11.1 Å². The SMILES string of the molecule is CNC(=O)c1ccc(-c2ccccc2CNC(=O)c2nc3n(c(=O)c2O)CCOC3C)cc1. The van der Waals surface area contributed by atoms with E-state index in [0.29, 0.717) is 18.0 Å². The number of aromatic nitrogens is 2. The van der Waals surface area contributed by atoms with Crippen molar-refractivity contribution in [2.75, 3.05) is 13.7 Å². The molecule has 9 nitrogen and oxygen atoms in total. The maximum Gasteiger partial charge on any atom is 0.296 e. The Bertz CT molecular complexity index is 1270. The molecule has 3 aromatic rings. The highest BCUT2D eigenvalue weighted by atomic mass is 16.5. The van der Waals surface area contributed by atoms with E-state index in [2.05, 4.69) is 15.6 Å². The minimum Gasteiger partial charge on any atom is -0.501 e. The Morgan fingerprint density at radius 2 is 1.88 bits per heavy atom. The number of hydrogen-bond donors (Lipinski definition) is 3. The highest BCUT2D eigenvalue weighted by molar-refractivity contribution is 5.95. The summed E-state index contributed by atoms with van der Waals surface area (Å²) in [4.78, 5) is 41.3. The molecule has 1 aliphatic rings. The molecule has 33 heavy (non-hydrogen) atoms. The molecular weight excluding hydrogens is 424 g/mol. The van der Waals surface area contributed by atoms with Gasteiger partial charge in [0, 0.05) is 19.2 Å². The number of rotatable bonds is 5. The van der Waals surface area contributed by atoms with Gasteiger partial charge in [-0.25, -0.2) is 4.98 Å². The third-order valence-corrected chi connectivity index (χ3v) is 5.58. The summed E-state index contributed by atoms with van der Waals surface area (Å²) in [5.74, 6) is -1.19. The molecule has 0 radical (unpaired) electrons. The number of ether oxygens (including phenoxy) is 1. The van der Waals surface area contributed by atoms with Crippen molar-refractivity contribution in [3.05, 3.63) is 81.5 Å². The van der Waals surface area contributed by atoms with E-state index < -0.39 is 23.3 Å². The zero-order valence-electron chi connectivity index (χ0n) is 18.3. The molecule has 0 saturated heterocycles. The topological polar surface area (TPSA) is 123 Å². The molecule has 1 aliphatic heterocycles. The maximum atomic E-state index is 12.8. The Morgan fingerprint density at radius 3 is 2.61 bits per heavy atom. The lowest BCUT2D eigenvalue weighted by Gasteiger charge is -2.24. The van der Waals surface area contributed by atoms with E-state index in [9.17, 15) is 19.5 Å². The number of fused-ring (bicyclic) bond motifs is 1. The Balaban J connectivity index is 1.57. The lowest BCUT2D eigenvalue weighted by molar-refractivity contribution is 0.0256. The number of carbonyl (C=O) groups is 2. The lowest BCUT2D eigenvalue weighted by atomic mass is 9.98. The lowest BCUT2D eigenvalue weighted by Crippen LogP contribution is -2.35. The van der Waals surface area contributed by atoms with Gasteiger partial charge in [0.25, 0.3) is 17.4 Å². The van der Waals surface area contributed by atoms with E-state index in [1.54, 1.807) is 26.1 Å². The van der Waals surface area contributed by atoms with E-state index >= 15 is 0 Å². The standard InChI is InChI=1S/C24H24N4O5/c1-14-21-27-19(20(29)24(32)28(21)11-12-33-14)23(31)26-13-17-5-3-4-6-18(17)15-7-9-16(10-8-15)22(30)25-2/h3-10,14,29H,11-13H2,1-2H3,(H,25,30)(H,26,31). The zero-order valence-corrected chi connectivity index (χ0v) is 18.3. The fraction of sp³-hybridized carbons (Fsp3) is 0.250. The van der Waals surface area contributed by atoms with Crippen LogP contribution in [-0.4, -0.2) is 40.1 Å². The highest BCUT2D eigenvalue weighted by Crippen LogP contribution is 2.25. The molecule has 2 aromatic carbocycles. The van der Waals surface area contributed by atoms with Crippen LogP contribution in [0.2, 0.25) is 0 Å². The minimum absolute atomic E-state index is 0.151. The number of nitrogens with one attached hydrogen (secondary N) is 2. The minimum atomic E-state index is -0.677. The summed E-state index contributed by atoms with van der Waals surface area (Å²) in [6.45, 7) is 2.49. The van der Waals surface area contributed by atoms with Gasteiger partial charge in [0.05, 0.1) is 13.2 Å². The summed E-state index contributed by atoms with van der Waals surface area (Å²) in [5.41, 5.74) is 2.15. The second-order valence-corrected chi connectivity index (χ2v) is 7.63. The summed E-state index contributed by atoms with van der Waals surface area (Å²) in [6.07, 6.45) is -0.461. The quantitative estimate of drug-likeness (QED) is 0.549. The van der Waals surface area contributed by atoms with E-state index in [1.807, 2.05) is 36.4 Å². The Hall–Kier alpha value is -3.98. The van der Waals surface area contributed by atoms with Crippen molar-refractivity contribution in [3.8, 4) is 16.9 Å². The molecule has 1 unspecified atom stereocenters. The average molecular weight is 448 g/mol. The van der Waals surface area contributed by atoms with Crippen molar-refractivity contribution in [3.63, 3.8) is 0 Å². The van der Waals surface area contributed by atoms with Gasteiger partial charge in [-0.05, 0) is 35.7 Å². The summed E-state index contributed by atoms with van der Waals surface area (Å²) >= 11 is 0. The van der Waals surface area contributed by atoms with Gasteiger partial charge in [-0.3, -0.25) is 19.0 Å². The van der Waals surface area contributed by atoms with Crippen molar-refractivity contribution in [1.29, 1.82) is 0 Å². The second kappa shape index (κ2) is 9.25. The number of aromatic hydroxyl groups is 1. The van der Waals surface area contributed by atoms with Gasteiger partial charge in [0.2, 0.25) is 5.75 Å². The summed E-state index contributed by atoms with van der Waals surface area (Å²) in [6, 6.07) is 14.7. The van der Waals surface area contributed by atoms with Crippen LogP contribution in [0.4, 0.5) is 0 Å². The fourth-order valence-electron chi connectivity index (χ4n) is 3.80. The normalized spacial score (nSPS) is 14.9. The maximum absolute atomic E-state index is 12.8. The first kappa shape index (κ1) is 22.2. The number of hydrogen-bond acceptors (Lipinski definition) is 6. The third kappa shape index (κ3) is 4.35. The number of carbonyl (C=O) groups excluding carboxylic acids is 2. The molecule has 1 atom stereocenters. The van der Waals surface area contributed by atoms with E-state index in [1.165, 1.54) is 4.57 Å². The van der Waals surface area contributed by atoms with Crippen molar-refractivity contribution >= 4 is 11.8 Å².